The minimum Gasteiger partial charge on any atom is -0.493 e. The standard InChI is InChI=1S/C14H13BrOS/c1-9-7-17-8-12(9)14(15)11-2-3-13-10(6-11)4-5-16-13/h2-3,6-8,14H,4-5H2,1H3. The van der Waals surface area contributed by atoms with E-state index in [9.17, 15) is 0 Å². The van der Waals surface area contributed by atoms with Crippen molar-refractivity contribution in [2.45, 2.75) is 18.2 Å². The van der Waals surface area contributed by atoms with E-state index in [2.05, 4.69) is 51.8 Å². The third kappa shape index (κ3) is 2.02. The molecular formula is C14H13BrOS. The Morgan fingerprint density at radius 1 is 1.35 bits per heavy atom. The van der Waals surface area contributed by atoms with E-state index in [1.165, 1.54) is 22.3 Å². The molecule has 0 saturated heterocycles. The van der Waals surface area contributed by atoms with Crippen LogP contribution in [-0.2, 0) is 6.42 Å². The van der Waals surface area contributed by atoms with Crippen molar-refractivity contribution in [3.05, 3.63) is 51.2 Å². The number of rotatable bonds is 2. The molecule has 1 aromatic carbocycles. The van der Waals surface area contributed by atoms with E-state index in [0.717, 1.165) is 18.8 Å². The van der Waals surface area contributed by atoms with Crippen molar-refractivity contribution >= 4 is 27.3 Å². The van der Waals surface area contributed by atoms with E-state index < -0.39 is 0 Å². The van der Waals surface area contributed by atoms with Gasteiger partial charge in [0, 0.05) is 6.42 Å². The van der Waals surface area contributed by atoms with Gasteiger partial charge in [0.05, 0.1) is 11.4 Å². The highest BCUT2D eigenvalue weighted by molar-refractivity contribution is 9.09. The van der Waals surface area contributed by atoms with Crippen molar-refractivity contribution < 1.29 is 4.74 Å². The Kier molecular flexibility index (Phi) is 2.97. The number of hydrogen-bond acceptors (Lipinski definition) is 2. The van der Waals surface area contributed by atoms with Crippen molar-refractivity contribution in [2.24, 2.45) is 0 Å². The molecule has 1 unspecified atom stereocenters. The Balaban J connectivity index is 1.97. The molecule has 0 saturated carbocycles. The summed E-state index contributed by atoms with van der Waals surface area (Å²) >= 11 is 5.56. The molecule has 0 N–H and O–H groups in total. The van der Waals surface area contributed by atoms with Gasteiger partial charge in [-0.2, -0.15) is 11.3 Å². The zero-order valence-corrected chi connectivity index (χ0v) is 12.0. The average molecular weight is 309 g/mol. The first-order valence-electron chi connectivity index (χ1n) is 5.68. The van der Waals surface area contributed by atoms with Crippen LogP contribution in [0.5, 0.6) is 5.75 Å². The van der Waals surface area contributed by atoms with E-state index in [0.29, 0.717) is 4.83 Å². The minimum atomic E-state index is 0.291. The molecule has 1 atom stereocenters. The first-order chi connectivity index (χ1) is 8.25. The molecule has 0 spiro atoms. The molecule has 0 fully saturated rings. The van der Waals surface area contributed by atoms with Gasteiger partial charge in [0.2, 0.25) is 0 Å². The Morgan fingerprint density at radius 3 is 3.00 bits per heavy atom. The lowest BCUT2D eigenvalue weighted by Gasteiger charge is -2.11. The Bertz CT molecular complexity index is 547. The molecule has 1 nitrogen and oxygen atoms in total. The number of halogens is 1. The fourth-order valence-electron chi connectivity index (χ4n) is 2.17. The molecule has 2 aromatic rings. The molecule has 3 heteroatoms. The summed E-state index contributed by atoms with van der Waals surface area (Å²) in [5.74, 6) is 1.05. The summed E-state index contributed by atoms with van der Waals surface area (Å²) in [7, 11) is 0. The molecule has 1 aliphatic heterocycles. The number of alkyl halides is 1. The van der Waals surface area contributed by atoms with Crippen LogP contribution < -0.4 is 4.74 Å². The van der Waals surface area contributed by atoms with Crippen LogP contribution >= 0.6 is 27.3 Å². The van der Waals surface area contributed by atoms with Crippen molar-refractivity contribution in [1.29, 1.82) is 0 Å². The third-order valence-corrected chi connectivity index (χ3v) is 5.08. The van der Waals surface area contributed by atoms with Crippen molar-refractivity contribution in [1.82, 2.24) is 0 Å². The average Bonchev–Trinajstić information content (AvgIpc) is 2.95. The van der Waals surface area contributed by atoms with Crippen molar-refractivity contribution in [3.8, 4) is 5.75 Å². The summed E-state index contributed by atoms with van der Waals surface area (Å²) in [6.45, 7) is 2.99. The number of ether oxygens (including phenoxy) is 1. The Labute approximate surface area is 114 Å². The van der Waals surface area contributed by atoms with Gasteiger partial charge in [-0.25, -0.2) is 0 Å². The van der Waals surface area contributed by atoms with Gasteiger partial charge in [-0.05, 0) is 46.0 Å². The van der Waals surface area contributed by atoms with Gasteiger partial charge in [-0.1, -0.05) is 28.1 Å². The van der Waals surface area contributed by atoms with Gasteiger partial charge in [0.1, 0.15) is 5.75 Å². The van der Waals surface area contributed by atoms with Crippen LogP contribution in [0.1, 0.15) is 27.1 Å². The first kappa shape index (κ1) is 11.3. The lowest BCUT2D eigenvalue weighted by Crippen LogP contribution is -1.93. The molecule has 17 heavy (non-hydrogen) atoms. The SMILES string of the molecule is Cc1cscc1C(Br)c1ccc2c(c1)CCO2. The summed E-state index contributed by atoms with van der Waals surface area (Å²) < 4.78 is 5.53. The molecule has 88 valence electrons. The third-order valence-electron chi connectivity index (χ3n) is 3.17. The van der Waals surface area contributed by atoms with E-state index in [1.807, 2.05) is 0 Å². The summed E-state index contributed by atoms with van der Waals surface area (Å²) in [4.78, 5) is 0.291. The molecule has 0 aliphatic carbocycles. The molecule has 0 amide bonds. The van der Waals surface area contributed by atoms with Crippen LogP contribution in [0.2, 0.25) is 0 Å². The second kappa shape index (κ2) is 4.46. The van der Waals surface area contributed by atoms with E-state index >= 15 is 0 Å². The van der Waals surface area contributed by atoms with Crippen LogP contribution in [0, 0.1) is 6.92 Å². The van der Waals surface area contributed by atoms with Crippen molar-refractivity contribution in [3.63, 3.8) is 0 Å². The predicted octanol–water partition coefficient (Wildman–Crippen LogP) is 4.48. The molecule has 3 rings (SSSR count). The topological polar surface area (TPSA) is 9.23 Å². The second-order valence-corrected chi connectivity index (χ2v) is 6.00. The van der Waals surface area contributed by atoms with Gasteiger partial charge >= 0.3 is 0 Å². The molecular weight excluding hydrogens is 296 g/mol. The molecule has 1 aromatic heterocycles. The summed E-state index contributed by atoms with van der Waals surface area (Å²) in [6, 6.07) is 6.51. The van der Waals surface area contributed by atoms with E-state index in [-0.39, 0.29) is 0 Å². The largest absolute Gasteiger partial charge is 0.493 e. The first-order valence-corrected chi connectivity index (χ1v) is 7.54. The predicted molar refractivity (Wildman–Crippen MR) is 75.5 cm³/mol. The van der Waals surface area contributed by atoms with E-state index in [1.54, 1.807) is 11.3 Å². The van der Waals surface area contributed by atoms with Crippen LogP contribution in [0.15, 0.2) is 29.0 Å². The Morgan fingerprint density at radius 2 is 2.24 bits per heavy atom. The maximum absolute atomic E-state index is 5.53. The number of fused-ring (bicyclic) bond motifs is 1. The van der Waals surface area contributed by atoms with Crippen LogP contribution in [0.3, 0.4) is 0 Å². The summed E-state index contributed by atoms with van der Waals surface area (Å²) in [5.41, 5.74) is 5.37. The van der Waals surface area contributed by atoms with Gasteiger partial charge in [-0.3, -0.25) is 0 Å². The maximum atomic E-state index is 5.53. The minimum absolute atomic E-state index is 0.291. The summed E-state index contributed by atoms with van der Waals surface area (Å²) in [6.07, 6.45) is 1.03. The van der Waals surface area contributed by atoms with Gasteiger partial charge < -0.3 is 4.74 Å². The van der Waals surface area contributed by atoms with Gasteiger partial charge in [-0.15, -0.1) is 0 Å². The monoisotopic (exact) mass is 308 g/mol. The summed E-state index contributed by atoms with van der Waals surface area (Å²) in [5, 5.41) is 4.42. The highest BCUT2D eigenvalue weighted by atomic mass is 79.9. The second-order valence-electron chi connectivity index (χ2n) is 4.34. The normalized spacial score (nSPS) is 15.4. The number of benzene rings is 1. The van der Waals surface area contributed by atoms with E-state index in [4.69, 9.17) is 4.74 Å². The molecule has 1 aliphatic rings. The van der Waals surface area contributed by atoms with Crippen LogP contribution in [-0.4, -0.2) is 6.61 Å². The smallest absolute Gasteiger partial charge is 0.122 e. The van der Waals surface area contributed by atoms with Crippen molar-refractivity contribution in [2.75, 3.05) is 6.61 Å². The van der Waals surface area contributed by atoms with Gasteiger partial charge in [0.15, 0.2) is 0 Å². The van der Waals surface area contributed by atoms with Gasteiger partial charge in [0.25, 0.3) is 0 Å². The highest BCUT2D eigenvalue weighted by Crippen LogP contribution is 2.37. The molecule has 0 bridgehead atoms. The highest BCUT2D eigenvalue weighted by Gasteiger charge is 2.17. The zero-order chi connectivity index (χ0) is 11.8. The number of thiophene rings is 1. The van der Waals surface area contributed by atoms with Crippen LogP contribution in [0.4, 0.5) is 0 Å². The lowest BCUT2D eigenvalue weighted by atomic mass is 10.0. The molecule has 2 heterocycles. The number of hydrogen-bond donors (Lipinski definition) is 0. The lowest BCUT2D eigenvalue weighted by molar-refractivity contribution is 0.357. The quantitative estimate of drug-likeness (QED) is 0.743. The maximum Gasteiger partial charge on any atom is 0.122 e. The van der Waals surface area contributed by atoms with Crippen LogP contribution in [0.25, 0.3) is 0 Å². The number of aryl methyl sites for hydroxylation is 1. The zero-order valence-electron chi connectivity index (χ0n) is 9.57. The fourth-order valence-corrected chi connectivity index (χ4v) is 4.00. The Hall–Kier alpha value is -0.800. The molecule has 0 radical (unpaired) electrons. The fraction of sp³-hybridized carbons (Fsp3) is 0.286.